The van der Waals surface area contributed by atoms with Crippen molar-refractivity contribution in [2.45, 2.75) is 38.5 Å². The van der Waals surface area contributed by atoms with Crippen molar-refractivity contribution in [1.29, 1.82) is 0 Å². The number of hydrogen-bond donors (Lipinski definition) is 2. The zero-order valence-corrected chi connectivity index (χ0v) is 7.95. The summed E-state index contributed by atoms with van der Waals surface area (Å²) in [6.07, 6.45) is 4.30. The predicted octanol–water partition coefficient (Wildman–Crippen LogP) is 1.81. The van der Waals surface area contributed by atoms with Gasteiger partial charge in [0.05, 0.1) is 0 Å². The zero-order chi connectivity index (χ0) is 10.6. The Morgan fingerprint density at radius 2 is 1.14 bits per heavy atom. The Bertz CT molecular complexity index is 250. The lowest BCUT2D eigenvalue weighted by Crippen LogP contribution is -2.13. The maximum Gasteiger partial charge on any atom is 0.332 e. The second-order valence-corrected chi connectivity index (χ2v) is 3.48. The van der Waals surface area contributed by atoms with Gasteiger partial charge in [-0.15, -0.1) is 0 Å². The molecule has 1 rings (SSSR count). The van der Waals surface area contributed by atoms with Crippen LogP contribution in [0.3, 0.4) is 0 Å². The summed E-state index contributed by atoms with van der Waals surface area (Å²) in [4.78, 5) is 21.6. The highest BCUT2D eigenvalue weighted by Gasteiger charge is 2.20. The maximum absolute atomic E-state index is 10.8. The SMILES string of the molecule is O=C(O)C1=C(C(=O)O)CCCCCC1. The van der Waals surface area contributed by atoms with Gasteiger partial charge in [-0.05, 0) is 25.7 Å². The normalized spacial score (nSPS) is 18.6. The van der Waals surface area contributed by atoms with Gasteiger partial charge in [-0.3, -0.25) is 0 Å². The quantitative estimate of drug-likeness (QED) is 0.709. The van der Waals surface area contributed by atoms with Gasteiger partial charge in [0.25, 0.3) is 0 Å². The third-order valence-electron chi connectivity index (χ3n) is 2.48. The Morgan fingerprint density at radius 3 is 1.43 bits per heavy atom. The Morgan fingerprint density at radius 1 is 0.786 bits per heavy atom. The lowest BCUT2D eigenvalue weighted by molar-refractivity contribution is -0.136. The third-order valence-corrected chi connectivity index (χ3v) is 2.48. The molecule has 2 N–H and O–H groups in total. The van der Waals surface area contributed by atoms with Crippen LogP contribution < -0.4 is 0 Å². The second-order valence-electron chi connectivity index (χ2n) is 3.48. The molecule has 0 aromatic rings. The molecule has 0 aromatic carbocycles. The molecule has 4 nitrogen and oxygen atoms in total. The maximum atomic E-state index is 10.8. The predicted molar refractivity (Wildman–Crippen MR) is 50.0 cm³/mol. The summed E-state index contributed by atoms with van der Waals surface area (Å²) in [5.74, 6) is -2.16. The summed E-state index contributed by atoms with van der Waals surface area (Å²) in [6, 6.07) is 0. The van der Waals surface area contributed by atoms with E-state index in [-0.39, 0.29) is 11.1 Å². The Balaban J connectivity index is 2.97. The molecule has 4 heteroatoms. The second kappa shape index (κ2) is 4.79. The Labute approximate surface area is 82.2 Å². The lowest BCUT2D eigenvalue weighted by atomic mass is 9.93. The molecular formula is C10H14O4. The molecule has 78 valence electrons. The van der Waals surface area contributed by atoms with Crippen molar-refractivity contribution < 1.29 is 19.8 Å². The van der Waals surface area contributed by atoms with Crippen LogP contribution in [0.4, 0.5) is 0 Å². The van der Waals surface area contributed by atoms with E-state index in [2.05, 4.69) is 0 Å². The van der Waals surface area contributed by atoms with Gasteiger partial charge >= 0.3 is 11.9 Å². The highest BCUT2D eigenvalue weighted by Crippen LogP contribution is 2.23. The molecule has 0 aromatic heterocycles. The standard InChI is InChI=1S/C10H14O4/c11-9(12)7-5-3-1-2-4-6-8(7)10(13)14/h1-6H2,(H,11,12)(H,13,14). The van der Waals surface area contributed by atoms with E-state index >= 15 is 0 Å². The molecule has 0 aliphatic heterocycles. The van der Waals surface area contributed by atoms with E-state index in [4.69, 9.17) is 10.2 Å². The van der Waals surface area contributed by atoms with Crippen LogP contribution in [0.15, 0.2) is 11.1 Å². The first kappa shape index (κ1) is 10.8. The topological polar surface area (TPSA) is 74.6 Å². The molecule has 0 heterocycles. The Kier molecular flexibility index (Phi) is 3.68. The molecule has 0 spiro atoms. The molecule has 0 atom stereocenters. The van der Waals surface area contributed by atoms with Crippen LogP contribution in [0, 0.1) is 0 Å². The monoisotopic (exact) mass is 198 g/mol. The molecule has 0 bridgehead atoms. The van der Waals surface area contributed by atoms with E-state index in [1.54, 1.807) is 0 Å². The van der Waals surface area contributed by atoms with Gasteiger partial charge in [-0.1, -0.05) is 12.8 Å². The summed E-state index contributed by atoms with van der Waals surface area (Å²) < 4.78 is 0. The Hall–Kier alpha value is -1.32. The fourth-order valence-corrected chi connectivity index (χ4v) is 1.73. The fourth-order valence-electron chi connectivity index (χ4n) is 1.73. The summed E-state index contributed by atoms with van der Waals surface area (Å²) in [6.45, 7) is 0. The molecule has 0 saturated heterocycles. The van der Waals surface area contributed by atoms with E-state index in [0.29, 0.717) is 12.8 Å². The number of carboxylic acids is 2. The molecule has 0 radical (unpaired) electrons. The van der Waals surface area contributed by atoms with Gasteiger partial charge < -0.3 is 10.2 Å². The third kappa shape index (κ3) is 2.58. The van der Waals surface area contributed by atoms with Gasteiger partial charge in [0.15, 0.2) is 0 Å². The van der Waals surface area contributed by atoms with Gasteiger partial charge in [-0.2, -0.15) is 0 Å². The van der Waals surface area contributed by atoms with Crippen LogP contribution in [-0.2, 0) is 9.59 Å². The summed E-state index contributed by atoms with van der Waals surface area (Å²) in [5, 5.41) is 17.7. The van der Waals surface area contributed by atoms with Crippen molar-refractivity contribution in [3.8, 4) is 0 Å². The first-order valence-electron chi connectivity index (χ1n) is 4.81. The molecule has 14 heavy (non-hydrogen) atoms. The van der Waals surface area contributed by atoms with E-state index in [0.717, 1.165) is 25.7 Å². The summed E-state index contributed by atoms with van der Waals surface area (Å²) in [5.41, 5.74) is 0.189. The minimum absolute atomic E-state index is 0.0946. The zero-order valence-electron chi connectivity index (χ0n) is 7.95. The van der Waals surface area contributed by atoms with Crippen LogP contribution in [0.2, 0.25) is 0 Å². The molecule has 1 aliphatic carbocycles. The van der Waals surface area contributed by atoms with Crippen molar-refractivity contribution >= 4 is 11.9 Å². The minimum Gasteiger partial charge on any atom is -0.478 e. The average molecular weight is 198 g/mol. The first-order valence-corrected chi connectivity index (χ1v) is 4.81. The molecule has 0 fully saturated rings. The molecule has 0 saturated carbocycles. The number of hydrogen-bond acceptors (Lipinski definition) is 2. The summed E-state index contributed by atoms with van der Waals surface area (Å²) >= 11 is 0. The molecule has 1 aliphatic rings. The fraction of sp³-hybridized carbons (Fsp3) is 0.600. The van der Waals surface area contributed by atoms with E-state index in [9.17, 15) is 9.59 Å². The van der Waals surface area contributed by atoms with Crippen molar-refractivity contribution in [3.63, 3.8) is 0 Å². The number of aliphatic carboxylic acids is 2. The van der Waals surface area contributed by atoms with Crippen molar-refractivity contribution in [2.24, 2.45) is 0 Å². The molecular weight excluding hydrogens is 184 g/mol. The molecule has 0 unspecified atom stereocenters. The highest BCUT2D eigenvalue weighted by atomic mass is 16.4. The van der Waals surface area contributed by atoms with Crippen molar-refractivity contribution in [3.05, 3.63) is 11.1 Å². The van der Waals surface area contributed by atoms with Gasteiger partial charge in [0.2, 0.25) is 0 Å². The smallest absolute Gasteiger partial charge is 0.332 e. The van der Waals surface area contributed by atoms with Gasteiger partial charge in [-0.25, -0.2) is 9.59 Å². The highest BCUT2D eigenvalue weighted by molar-refractivity contribution is 5.98. The van der Waals surface area contributed by atoms with E-state index in [1.807, 2.05) is 0 Å². The number of carboxylic acid groups (broad SMARTS) is 2. The van der Waals surface area contributed by atoms with E-state index in [1.165, 1.54) is 0 Å². The number of rotatable bonds is 2. The van der Waals surface area contributed by atoms with Crippen LogP contribution >= 0.6 is 0 Å². The van der Waals surface area contributed by atoms with Crippen LogP contribution in [0.1, 0.15) is 38.5 Å². The van der Waals surface area contributed by atoms with Crippen LogP contribution in [0.25, 0.3) is 0 Å². The van der Waals surface area contributed by atoms with Crippen LogP contribution in [0.5, 0.6) is 0 Å². The van der Waals surface area contributed by atoms with Crippen molar-refractivity contribution in [2.75, 3.05) is 0 Å². The average Bonchev–Trinajstić information content (AvgIpc) is 2.01. The summed E-state index contributed by atoms with van der Waals surface area (Å²) in [7, 11) is 0. The minimum atomic E-state index is -1.08. The number of carbonyl (C=O) groups is 2. The molecule has 0 amide bonds. The van der Waals surface area contributed by atoms with E-state index < -0.39 is 11.9 Å². The largest absolute Gasteiger partial charge is 0.478 e. The first-order chi connectivity index (χ1) is 6.63. The van der Waals surface area contributed by atoms with Crippen molar-refractivity contribution in [1.82, 2.24) is 0 Å². The lowest BCUT2D eigenvalue weighted by Gasteiger charge is -2.12. The van der Waals surface area contributed by atoms with Crippen LogP contribution in [-0.4, -0.2) is 22.2 Å². The van der Waals surface area contributed by atoms with Gasteiger partial charge in [0, 0.05) is 11.1 Å². The van der Waals surface area contributed by atoms with Gasteiger partial charge in [0.1, 0.15) is 0 Å².